The van der Waals surface area contributed by atoms with E-state index in [2.05, 4.69) is 0 Å². The quantitative estimate of drug-likeness (QED) is 0.600. The van der Waals surface area contributed by atoms with E-state index in [9.17, 15) is 15.3 Å². The van der Waals surface area contributed by atoms with Crippen LogP contribution in [0.2, 0.25) is 5.02 Å². The highest BCUT2D eigenvalue weighted by molar-refractivity contribution is 6.30. The van der Waals surface area contributed by atoms with Crippen LogP contribution < -0.4 is 4.74 Å². The van der Waals surface area contributed by atoms with E-state index in [0.29, 0.717) is 10.8 Å². The summed E-state index contributed by atoms with van der Waals surface area (Å²) in [5.41, 5.74) is 0. The van der Waals surface area contributed by atoms with Gasteiger partial charge < -0.3 is 29.9 Å². The molecule has 106 valence electrons. The van der Waals surface area contributed by atoms with Crippen molar-refractivity contribution in [2.75, 3.05) is 6.61 Å². The summed E-state index contributed by atoms with van der Waals surface area (Å²) < 4.78 is 10.6. The van der Waals surface area contributed by atoms with E-state index in [0.717, 1.165) is 0 Å². The third-order valence-corrected chi connectivity index (χ3v) is 3.17. The highest BCUT2D eigenvalue weighted by atomic mass is 35.5. The fourth-order valence-electron chi connectivity index (χ4n) is 1.81. The van der Waals surface area contributed by atoms with Gasteiger partial charge in [0.25, 0.3) is 0 Å². The molecule has 2 rings (SSSR count). The minimum Gasteiger partial charge on any atom is -0.462 e. The Balaban J connectivity index is 2.08. The number of hydrogen-bond donors (Lipinski definition) is 4. The predicted molar refractivity (Wildman–Crippen MR) is 65.8 cm³/mol. The Labute approximate surface area is 114 Å². The first kappa shape index (κ1) is 14.5. The van der Waals surface area contributed by atoms with Gasteiger partial charge in [-0.25, -0.2) is 0 Å². The Bertz CT molecular complexity index is 409. The molecule has 1 aromatic rings. The summed E-state index contributed by atoms with van der Waals surface area (Å²) in [5.74, 6) is 0.383. The van der Waals surface area contributed by atoms with Crippen molar-refractivity contribution in [3.8, 4) is 5.75 Å². The predicted octanol–water partition coefficient (Wildman–Crippen LogP) is -0.481. The van der Waals surface area contributed by atoms with E-state index < -0.39 is 37.3 Å². The average molecular weight is 291 g/mol. The minimum absolute atomic E-state index is 0.383. The lowest BCUT2D eigenvalue weighted by Gasteiger charge is -2.39. The fraction of sp³-hybridized carbons (Fsp3) is 0.500. The molecule has 0 radical (unpaired) electrons. The standard InChI is InChI=1S/C12H15ClO6/c13-6-1-3-7(4-2-6)18-12-11(17)10(16)9(15)8(5-14)19-12/h1-4,8-12,14-17H,5H2/t8-,9-,10-,11+,12+/m1/s1. The van der Waals surface area contributed by atoms with Crippen molar-refractivity contribution in [2.24, 2.45) is 0 Å². The zero-order valence-corrected chi connectivity index (χ0v) is 10.6. The Morgan fingerprint density at radius 3 is 2.26 bits per heavy atom. The molecule has 5 atom stereocenters. The molecule has 1 heterocycles. The summed E-state index contributed by atoms with van der Waals surface area (Å²) in [5, 5.41) is 38.5. The first-order chi connectivity index (χ1) is 9.02. The van der Waals surface area contributed by atoms with Gasteiger partial charge in [-0.15, -0.1) is 0 Å². The summed E-state index contributed by atoms with van der Waals surface area (Å²) >= 11 is 5.73. The Hall–Kier alpha value is -0.890. The molecule has 0 aliphatic carbocycles. The molecule has 0 amide bonds. The molecule has 19 heavy (non-hydrogen) atoms. The third-order valence-electron chi connectivity index (χ3n) is 2.91. The van der Waals surface area contributed by atoms with Gasteiger partial charge >= 0.3 is 0 Å². The summed E-state index contributed by atoms with van der Waals surface area (Å²) in [6.07, 6.45) is -6.45. The molecule has 0 spiro atoms. The van der Waals surface area contributed by atoms with E-state index in [1.165, 1.54) is 0 Å². The van der Waals surface area contributed by atoms with Crippen LogP contribution in [0.5, 0.6) is 5.75 Å². The van der Waals surface area contributed by atoms with E-state index in [4.69, 9.17) is 26.2 Å². The zero-order valence-electron chi connectivity index (χ0n) is 9.89. The largest absolute Gasteiger partial charge is 0.462 e. The molecule has 4 N–H and O–H groups in total. The van der Waals surface area contributed by atoms with E-state index in [-0.39, 0.29) is 0 Å². The molecule has 6 nitrogen and oxygen atoms in total. The van der Waals surface area contributed by atoms with Gasteiger partial charge in [0.1, 0.15) is 30.2 Å². The molecule has 1 saturated heterocycles. The van der Waals surface area contributed by atoms with Crippen LogP contribution in [-0.4, -0.2) is 57.7 Å². The molecule has 0 aromatic heterocycles. The molecular formula is C12H15ClO6. The summed E-state index contributed by atoms with van der Waals surface area (Å²) in [7, 11) is 0. The van der Waals surface area contributed by atoms with Crippen molar-refractivity contribution in [2.45, 2.75) is 30.7 Å². The molecule has 7 heteroatoms. The fourth-order valence-corrected chi connectivity index (χ4v) is 1.94. The van der Waals surface area contributed by atoms with Crippen LogP contribution in [0.1, 0.15) is 0 Å². The molecule has 1 fully saturated rings. The van der Waals surface area contributed by atoms with Crippen LogP contribution in [0.4, 0.5) is 0 Å². The third kappa shape index (κ3) is 3.17. The maximum atomic E-state index is 9.77. The van der Waals surface area contributed by atoms with Crippen LogP contribution >= 0.6 is 11.6 Å². The lowest BCUT2D eigenvalue weighted by Crippen LogP contribution is -2.60. The Morgan fingerprint density at radius 1 is 1.05 bits per heavy atom. The Morgan fingerprint density at radius 2 is 1.68 bits per heavy atom. The monoisotopic (exact) mass is 290 g/mol. The number of halogens is 1. The number of ether oxygens (including phenoxy) is 2. The molecule has 1 aliphatic heterocycles. The first-order valence-electron chi connectivity index (χ1n) is 5.75. The first-order valence-corrected chi connectivity index (χ1v) is 6.13. The van der Waals surface area contributed by atoms with E-state index >= 15 is 0 Å². The van der Waals surface area contributed by atoms with Gasteiger partial charge in [-0.1, -0.05) is 11.6 Å². The maximum absolute atomic E-state index is 9.77. The van der Waals surface area contributed by atoms with Crippen LogP contribution in [0.15, 0.2) is 24.3 Å². The van der Waals surface area contributed by atoms with Crippen LogP contribution in [0, 0.1) is 0 Å². The Kier molecular flexibility index (Phi) is 4.62. The van der Waals surface area contributed by atoms with Crippen molar-refractivity contribution in [3.05, 3.63) is 29.3 Å². The van der Waals surface area contributed by atoms with Gasteiger partial charge in [-0.2, -0.15) is 0 Å². The number of benzene rings is 1. The summed E-state index contributed by atoms with van der Waals surface area (Å²) in [6, 6.07) is 6.34. The van der Waals surface area contributed by atoms with Crippen molar-refractivity contribution < 1.29 is 29.9 Å². The van der Waals surface area contributed by atoms with Crippen molar-refractivity contribution in [1.29, 1.82) is 0 Å². The lowest BCUT2D eigenvalue weighted by molar-refractivity contribution is -0.277. The van der Waals surface area contributed by atoms with Crippen molar-refractivity contribution in [3.63, 3.8) is 0 Å². The maximum Gasteiger partial charge on any atom is 0.229 e. The van der Waals surface area contributed by atoms with Gasteiger partial charge in [0.15, 0.2) is 0 Å². The molecule has 1 aliphatic rings. The number of aliphatic hydroxyl groups is 4. The van der Waals surface area contributed by atoms with Crippen LogP contribution in [0.25, 0.3) is 0 Å². The highest BCUT2D eigenvalue weighted by Gasteiger charge is 2.44. The van der Waals surface area contributed by atoms with Crippen molar-refractivity contribution in [1.82, 2.24) is 0 Å². The van der Waals surface area contributed by atoms with Crippen LogP contribution in [-0.2, 0) is 4.74 Å². The topological polar surface area (TPSA) is 99.4 Å². The number of hydrogen-bond acceptors (Lipinski definition) is 6. The van der Waals surface area contributed by atoms with Gasteiger partial charge in [0.05, 0.1) is 6.61 Å². The minimum atomic E-state index is -1.46. The summed E-state index contributed by atoms with van der Waals surface area (Å²) in [4.78, 5) is 0. The molecule has 1 aromatic carbocycles. The van der Waals surface area contributed by atoms with Gasteiger partial charge in [-0.3, -0.25) is 0 Å². The SMILES string of the molecule is OC[C@H]1O[C@H](Oc2ccc(Cl)cc2)[C@@H](O)[C@H](O)[C@@H]1O. The highest BCUT2D eigenvalue weighted by Crippen LogP contribution is 2.24. The lowest BCUT2D eigenvalue weighted by atomic mass is 9.99. The smallest absolute Gasteiger partial charge is 0.229 e. The molecule has 0 bridgehead atoms. The number of aliphatic hydroxyl groups excluding tert-OH is 4. The molecule has 0 saturated carbocycles. The average Bonchev–Trinajstić information content (AvgIpc) is 2.42. The second kappa shape index (κ2) is 6.04. The van der Waals surface area contributed by atoms with Gasteiger partial charge in [0.2, 0.25) is 6.29 Å². The second-order valence-electron chi connectivity index (χ2n) is 4.27. The van der Waals surface area contributed by atoms with E-state index in [1.807, 2.05) is 0 Å². The number of rotatable bonds is 3. The van der Waals surface area contributed by atoms with Gasteiger partial charge in [-0.05, 0) is 24.3 Å². The normalized spacial score (nSPS) is 35.1. The van der Waals surface area contributed by atoms with E-state index in [1.54, 1.807) is 24.3 Å². The summed E-state index contributed by atoms with van der Waals surface area (Å²) in [6.45, 7) is -0.495. The van der Waals surface area contributed by atoms with Crippen molar-refractivity contribution >= 4 is 11.6 Å². The second-order valence-corrected chi connectivity index (χ2v) is 4.71. The van der Waals surface area contributed by atoms with Crippen LogP contribution in [0.3, 0.4) is 0 Å². The van der Waals surface area contributed by atoms with Gasteiger partial charge in [0, 0.05) is 5.02 Å². The molecular weight excluding hydrogens is 276 g/mol. The molecule has 0 unspecified atom stereocenters. The zero-order chi connectivity index (χ0) is 14.0.